The van der Waals surface area contributed by atoms with Gasteiger partial charge in [0.05, 0.1) is 0 Å². The predicted molar refractivity (Wildman–Crippen MR) is 533 cm³/mol. The number of aromatic nitrogens is 1. The number of nitrogens with one attached hydrogen (secondary N) is 7. The Labute approximate surface area is 791 Å². The van der Waals surface area contributed by atoms with Crippen LogP contribution >= 0.6 is 0 Å². The van der Waals surface area contributed by atoms with Crippen LogP contribution < -0.4 is 37.2 Å². The second-order valence-electron chi connectivity index (χ2n) is 33.5. The van der Waals surface area contributed by atoms with Crippen molar-refractivity contribution in [2.45, 2.75) is 125 Å². The Morgan fingerprint density at radius 3 is 0.859 bits per heavy atom. The van der Waals surface area contributed by atoms with E-state index >= 15 is 0 Å². The molecule has 0 unspecified atom stereocenters. The minimum absolute atomic E-state index is 0.0259. The van der Waals surface area contributed by atoms with Gasteiger partial charge in [-0.3, -0.25) is 24.2 Å². The maximum Gasteiger partial charge on any atom is 0.407 e. The number of hydrogen-bond acceptors (Lipinski definition) is 13. The molecule has 14 aromatic rings. The topological polar surface area (TPSA) is 274 Å². The van der Waals surface area contributed by atoms with Crippen LogP contribution in [0.5, 0.6) is 0 Å². The van der Waals surface area contributed by atoms with Crippen LogP contribution in [0.3, 0.4) is 0 Å². The summed E-state index contributed by atoms with van der Waals surface area (Å²) in [4.78, 5) is 107. The number of amides is 8. The molecule has 0 spiro atoms. The monoisotopic (exact) mass is 1800 g/mol. The van der Waals surface area contributed by atoms with Crippen molar-refractivity contribution in [2.24, 2.45) is 0 Å². The molecule has 0 bridgehead atoms. The molecule has 1 heterocycles. The third kappa shape index (κ3) is 32.8. The fraction of sp³-hybridized carbons (Fsp3) is 0.202. The molecule has 14 rings (SSSR count). The molecule has 21 heteroatoms. The molecule has 21 nitrogen and oxygen atoms in total. The molecular formula is C114H117N9O12. The first-order valence-electron chi connectivity index (χ1n) is 45.2. The molecule has 0 saturated heterocycles. The van der Waals surface area contributed by atoms with Crippen molar-refractivity contribution >= 4 is 48.0 Å². The molecule has 0 fully saturated rings. The summed E-state index contributed by atoms with van der Waals surface area (Å²) in [6.07, 6.45) is 2.01. The molecule has 0 saturated carbocycles. The number of hydrogen-bond donors (Lipinski definition) is 7. The molecule has 13 aromatic carbocycles. The summed E-state index contributed by atoms with van der Waals surface area (Å²) in [6, 6.07) is 116. The van der Waals surface area contributed by atoms with Crippen molar-refractivity contribution in [1.29, 1.82) is 0 Å². The molecule has 0 aliphatic heterocycles. The van der Waals surface area contributed by atoms with Crippen LogP contribution in [0.2, 0.25) is 0 Å². The lowest BCUT2D eigenvalue weighted by molar-refractivity contribution is 0.0512. The highest BCUT2D eigenvalue weighted by atomic mass is 16.6. The lowest BCUT2D eigenvalue weighted by Gasteiger charge is -2.23. The molecule has 0 radical (unpaired) electrons. The SMILES string of the molecule is CC(C)(C)OC(=O)NCc1ccccc1-c1ccccc1C(=O)NCCc1ccccc1.CC(C)(C)OC(=O)NCc1ccccc1-c1ccccc1C(=O)NCCc1ccccn1.CCN(Cc1ccccc1)C(=O)c1ccccc1-c1ccccc1CNC(=O)OCc1ccccc1.O=C(NCc1ccccc1-c1ccccc1C(=O)NCCc1ccccc1)OCc1ccccc1. The Morgan fingerprint density at radius 2 is 0.541 bits per heavy atom. The molecule has 1 aromatic heterocycles. The Kier molecular flexibility index (Phi) is 38.4. The molecule has 135 heavy (non-hydrogen) atoms. The lowest BCUT2D eigenvalue weighted by atomic mass is 9.94. The number of carbonyl (C=O) groups is 8. The standard InChI is InChI=1S/C31H30N2O3.C30H28N2O3.C27H30N2O3.C26H29N3O3/c1-2-33(22-24-13-5-3-6-14-24)30(34)29-20-12-11-19-28(29)27-18-10-9-17-26(27)21-32-31(35)36-23-25-15-7-4-8-16-25;33-29(31-20-19-23-11-3-1-4-12-23)28-18-10-9-17-27(28)26-16-8-7-15-25(26)21-32-30(34)35-22-24-13-5-2-6-14-24;1-27(2,3)32-26(31)29-19-21-13-7-8-14-22(21)23-15-9-10-16-24(23)25(30)28-18-17-20-11-5-4-6-12-20;1-26(2,3)32-25(31)29-18-19-10-4-5-12-21(19)22-13-6-7-14-23(22)24(30)28-17-15-20-11-8-9-16-27-20/h3-20H,2,21-23H2,1H3,(H,32,35);1-18H,19-22H2,(H,31,33)(H,32,34);4-16H,17-19H2,1-3H3,(H,28,30)(H,29,31);4-14,16H,15,17-18H2,1-3H3,(H,28,30)(H,29,31). The number of benzene rings is 13. The minimum atomic E-state index is -0.566. The van der Waals surface area contributed by atoms with Crippen LogP contribution in [0.25, 0.3) is 44.5 Å². The Balaban J connectivity index is 0.000000173. The molecule has 0 atom stereocenters. The molecule has 0 aliphatic rings. The highest BCUT2D eigenvalue weighted by molar-refractivity contribution is 6.04. The Bertz CT molecular complexity index is 5980. The van der Waals surface area contributed by atoms with Gasteiger partial charge in [-0.2, -0.15) is 0 Å². The number of carbonyl (C=O) groups excluding carboxylic acids is 8. The maximum absolute atomic E-state index is 13.6. The van der Waals surface area contributed by atoms with E-state index in [4.69, 9.17) is 18.9 Å². The number of rotatable bonds is 32. The van der Waals surface area contributed by atoms with Gasteiger partial charge in [0.2, 0.25) is 0 Å². The quantitative estimate of drug-likeness (QED) is 0.0194. The molecule has 690 valence electrons. The third-order valence-corrected chi connectivity index (χ3v) is 21.2. The van der Waals surface area contributed by atoms with Crippen molar-refractivity contribution in [3.63, 3.8) is 0 Å². The number of pyridine rings is 1. The van der Waals surface area contributed by atoms with Crippen molar-refractivity contribution in [3.05, 3.63) is 448 Å². The van der Waals surface area contributed by atoms with E-state index < -0.39 is 35.6 Å². The van der Waals surface area contributed by atoms with E-state index in [1.54, 1.807) is 6.20 Å². The van der Waals surface area contributed by atoms with E-state index in [0.717, 1.165) is 102 Å². The van der Waals surface area contributed by atoms with Crippen molar-refractivity contribution in [1.82, 2.24) is 47.1 Å². The van der Waals surface area contributed by atoms with E-state index in [9.17, 15) is 38.4 Å². The van der Waals surface area contributed by atoms with Crippen LogP contribution in [-0.2, 0) is 84.1 Å². The average Bonchev–Trinajstić information content (AvgIpc) is 0.867. The fourth-order valence-corrected chi connectivity index (χ4v) is 14.6. The first-order chi connectivity index (χ1) is 65.5. The fourth-order valence-electron chi connectivity index (χ4n) is 14.6. The molecule has 0 aliphatic carbocycles. The van der Waals surface area contributed by atoms with Gasteiger partial charge in [0, 0.05) is 99.5 Å². The predicted octanol–water partition coefficient (Wildman–Crippen LogP) is 22.3. The second-order valence-corrected chi connectivity index (χ2v) is 33.5. The van der Waals surface area contributed by atoms with Gasteiger partial charge in [0.25, 0.3) is 23.6 Å². The molecule has 7 N–H and O–H groups in total. The van der Waals surface area contributed by atoms with E-state index in [1.165, 1.54) is 11.1 Å². The first-order valence-corrected chi connectivity index (χ1v) is 45.2. The van der Waals surface area contributed by atoms with Crippen LogP contribution in [0, 0.1) is 0 Å². The van der Waals surface area contributed by atoms with Crippen LogP contribution in [0.4, 0.5) is 19.2 Å². The average molecular weight is 1810 g/mol. The number of ether oxygens (including phenoxy) is 4. The van der Waals surface area contributed by atoms with Gasteiger partial charge in [-0.05, 0) is 192 Å². The van der Waals surface area contributed by atoms with Crippen LogP contribution in [0.1, 0.15) is 146 Å². The first kappa shape index (κ1) is 99.5. The Hall–Kier alpha value is -16.0. The van der Waals surface area contributed by atoms with E-state index in [0.29, 0.717) is 74.5 Å². The molecular weight excluding hydrogens is 1690 g/mol. The third-order valence-electron chi connectivity index (χ3n) is 21.2. The summed E-state index contributed by atoms with van der Waals surface area (Å²) in [6.45, 7) is 17.3. The van der Waals surface area contributed by atoms with Gasteiger partial charge in [0.15, 0.2) is 0 Å². The summed E-state index contributed by atoms with van der Waals surface area (Å²) in [5.74, 6) is -0.415. The van der Waals surface area contributed by atoms with Gasteiger partial charge in [-0.25, -0.2) is 19.2 Å². The van der Waals surface area contributed by atoms with Gasteiger partial charge >= 0.3 is 24.4 Å². The lowest BCUT2D eigenvalue weighted by Crippen LogP contribution is -2.32. The van der Waals surface area contributed by atoms with Crippen molar-refractivity contribution < 1.29 is 57.3 Å². The van der Waals surface area contributed by atoms with Crippen LogP contribution in [0.15, 0.2) is 370 Å². The van der Waals surface area contributed by atoms with Crippen molar-refractivity contribution in [2.75, 3.05) is 26.2 Å². The summed E-state index contributed by atoms with van der Waals surface area (Å²) in [5, 5.41) is 20.3. The van der Waals surface area contributed by atoms with E-state index in [1.807, 2.05) is 417 Å². The number of alkyl carbamates (subject to hydrolysis) is 4. The van der Waals surface area contributed by atoms with Gasteiger partial charge in [-0.1, -0.05) is 328 Å². The highest BCUT2D eigenvalue weighted by Gasteiger charge is 2.25. The second kappa shape index (κ2) is 52.1. The summed E-state index contributed by atoms with van der Waals surface area (Å²) >= 11 is 0. The maximum atomic E-state index is 13.6. The number of nitrogens with zero attached hydrogens (tertiary/aromatic N) is 2. The largest absolute Gasteiger partial charge is 0.445 e. The van der Waals surface area contributed by atoms with E-state index in [2.05, 4.69) is 42.2 Å². The van der Waals surface area contributed by atoms with Gasteiger partial charge < -0.3 is 61.1 Å². The highest BCUT2D eigenvalue weighted by Crippen LogP contribution is 2.33. The zero-order valence-electron chi connectivity index (χ0n) is 77.4. The van der Waals surface area contributed by atoms with Crippen molar-refractivity contribution in [3.8, 4) is 44.5 Å². The summed E-state index contributed by atoms with van der Waals surface area (Å²) in [7, 11) is 0. The Morgan fingerprint density at radius 1 is 0.274 bits per heavy atom. The smallest absolute Gasteiger partial charge is 0.407 e. The zero-order chi connectivity index (χ0) is 95.4. The summed E-state index contributed by atoms with van der Waals surface area (Å²) in [5.41, 5.74) is 18.0. The van der Waals surface area contributed by atoms with Gasteiger partial charge in [0.1, 0.15) is 24.4 Å². The van der Waals surface area contributed by atoms with Gasteiger partial charge in [-0.15, -0.1) is 0 Å². The summed E-state index contributed by atoms with van der Waals surface area (Å²) < 4.78 is 21.3. The van der Waals surface area contributed by atoms with Crippen LogP contribution in [-0.4, -0.2) is 95.3 Å². The van der Waals surface area contributed by atoms with E-state index in [-0.39, 0.29) is 49.9 Å². The normalized spacial score (nSPS) is 10.7. The molecule has 8 amide bonds. The zero-order valence-corrected chi connectivity index (χ0v) is 77.4. The minimum Gasteiger partial charge on any atom is -0.445 e.